The van der Waals surface area contributed by atoms with Crippen LogP contribution in [-0.4, -0.2) is 24.4 Å². The lowest BCUT2D eigenvalue weighted by Gasteiger charge is -2.26. The first kappa shape index (κ1) is 23.8. The summed E-state index contributed by atoms with van der Waals surface area (Å²) in [4.78, 5) is 27.0. The number of nitrogens with one attached hydrogen (secondary N) is 2. The molecule has 34 heavy (non-hydrogen) atoms. The number of anilines is 3. The summed E-state index contributed by atoms with van der Waals surface area (Å²) < 4.78 is 0. The summed E-state index contributed by atoms with van der Waals surface area (Å²) in [5.74, 6) is -0.433. The van der Waals surface area contributed by atoms with Crippen molar-refractivity contribution >= 4 is 63.3 Å². The first-order valence-electron chi connectivity index (χ1n) is 10.6. The Bertz CT molecular complexity index is 1290. The molecule has 1 heterocycles. The van der Waals surface area contributed by atoms with Gasteiger partial charge in [-0.25, -0.2) is 0 Å². The van der Waals surface area contributed by atoms with Gasteiger partial charge in [0.25, 0.3) is 5.91 Å². The number of nitrogens with zero attached hydrogens (tertiary/aromatic N) is 1. The van der Waals surface area contributed by atoms with Gasteiger partial charge >= 0.3 is 0 Å². The summed E-state index contributed by atoms with van der Waals surface area (Å²) in [6, 6.07) is 19.9. The van der Waals surface area contributed by atoms with E-state index in [1.165, 1.54) is 4.90 Å². The molecule has 2 amide bonds. The van der Waals surface area contributed by atoms with Crippen LogP contribution in [0.4, 0.5) is 17.1 Å². The minimum atomic E-state index is -0.982. The topological polar surface area (TPSA) is 87.5 Å². The Kier molecular flexibility index (Phi) is 6.41. The van der Waals surface area contributed by atoms with E-state index in [1.807, 2.05) is 42.5 Å². The number of hydrogen-bond acceptors (Lipinski definition) is 4. The summed E-state index contributed by atoms with van der Waals surface area (Å²) in [7, 11) is 1.69. The fourth-order valence-corrected chi connectivity index (χ4v) is 4.05. The van der Waals surface area contributed by atoms with Crippen molar-refractivity contribution in [2.24, 2.45) is 5.73 Å². The molecule has 174 valence electrons. The van der Waals surface area contributed by atoms with Gasteiger partial charge in [0, 0.05) is 34.0 Å². The molecule has 6 nitrogen and oxygen atoms in total. The van der Waals surface area contributed by atoms with Crippen LogP contribution in [0.3, 0.4) is 0 Å². The predicted molar refractivity (Wildman–Crippen MR) is 140 cm³/mol. The average Bonchev–Trinajstić information content (AvgIpc) is 3.11. The highest BCUT2D eigenvalue weighted by molar-refractivity contribution is 6.38. The molecular weight excluding hydrogens is 471 g/mol. The van der Waals surface area contributed by atoms with Crippen molar-refractivity contribution in [3.05, 3.63) is 87.9 Å². The quantitative estimate of drug-likeness (QED) is 0.401. The van der Waals surface area contributed by atoms with Gasteiger partial charge in [-0.15, -0.1) is 0 Å². The maximum Gasteiger partial charge on any atom is 0.258 e. The Hall–Kier alpha value is -3.32. The van der Waals surface area contributed by atoms with Gasteiger partial charge < -0.3 is 21.3 Å². The zero-order valence-corrected chi connectivity index (χ0v) is 20.5. The Balaban J connectivity index is 1.74. The third-order valence-electron chi connectivity index (χ3n) is 5.49. The van der Waals surface area contributed by atoms with E-state index in [1.54, 1.807) is 45.2 Å². The lowest BCUT2D eigenvalue weighted by atomic mass is 10.00. The van der Waals surface area contributed by atoms with Gasteiger partial charge in [-0.05, 0) is 67.9 Å². The van der Waals surface area contributed by atoms with Gasteiger partial charge in [0.15, 0.2) is 0 Å². The van der Waals surface area contributed by atoms with Gasteiger partial charge in [-0.2, -0.15) is 0 Å². The number of benzene rings is 3. The second kappa shape index (κ2) is 9.14. The third kappa shape index (κ3) is 4.80. The van der Waals surface area contributed by atoms with Crippen molar-refractivity contribution in [2.45, 2.75) is 19.4 Å². The summed E-state index contributed by atoms with van der Waals surface area (Å²) in [6.45, 7) is 3.34. The second-order valence-corrected chi connectivity index (χ2v) is 9.53. The van der Waals surface area contributed by atoms with Crippen LogP contribution in [0, 0.1) is 0 Å². The van der Waals surface area contributed by atoms with Crippen LogP contribution in [0.2, 0.25) is 10.0 Å². The highest BCUT2D eigenvalue weighted by Crippen LogP contribution is 2.39. The van der Waals surface area contributed by atoms with Crippen LogP contribution in [0.5, 0.6) is 0 Å². The number of hydrogen-bond donors (Lipinski definition) is 3. The van der Waals surface area contributed by atoms with Crippen molar-refractivity contribution in [3.8, 4) is 0 Å². The third-order valence-corrected chi connectivity index (χ3v) is 5.98. The van der Waals surface area contributed by atoms with Gasteiger partial charge in [-0.1, -0.05) is 41.4 Å². The average molecular weight is 495 g/mol. The standard InChI is InChI=1S/C26H24Cl2N4O2/c1-26(2,29)25(34)32(3)19-11-9-18(10-12-19)30-23(15-4-6-16(27)7-5-15)22-20-13-8-17(28)14-21(20)31-24(22)33/h4-14,30H,29H2,1-3H3,(H,31,33)/b23-22-. The SMILES string of the molecule is CN(C(=O)C(C)(C)N)c1ccc(N/C(=C2\C(=O)Nc3cc(Cl)ccc32)c2ccc(Cl)cc2)cc1. The molecule has 0 bridgehead atoms. The molecule has 0 radical (unpaired) electrons. The van der Waals surface area contributed by atoms with Crippen LogP contribution in [0.1, 0.15) is 25.0 Å². The summed E-state index contributed by atoms with van der Waals surface area (Å²) in [5.41, 5.74) is 9.72. The minimum absolute atomic E-state index is 0.199. The van der Waals surface area contributed by atoms with Gasteiger partial charge in [-0.3, -0.25) is 9.59 Å². The molecule has 8 heteroatoms. The van der Waals surface area contributed by atoms with Crippen LogP contribution in [0.15, 0.2) is 66.7 Å². The fraction of sp³-hybridized carbons (Fsp3) is 0.154. The van der Waals surface area contributed by atoms with Crippen LogP contribution < -0.4 is 21.3 Å². The monoisotopic (exact) mass is 494 g/mol. The number of fused-ring (bicyclic) bond motifs is 1. The van der Waals surface area contributed by atoms with Crippen molar-refractivity contribution in [1.29, 1.82) is 0 Å². The number of carbonyl (C=O) groups is 2. The zero-order chi connectivity index (χ0) is 24.6. The molecule has 3 aromatic rings. The maximum atomic E-state index is 13.0. The molecule has 4 rings (SSSR count). The smallest absolute Gasteiger partial charge is 0.258 e. The Morgan fingerprint density at radius 2 is 1.59 bits per heavy atom. The van der Waals surface area contributed by atoms with E-state index in [0.717, 1.165) is 16.8 Å². The van der Waals surface area contributed by atoms with E-state index in [4.69, 9.17) is 28.9 Å². The van der Waals surface area contributed by atoms with Crippen molar-refractivity contribution in [3.63, 3.8) is 0 Å². The molecule has 1 aliphatic rings. The number of carbonyl (C=O) groups excluding carboxylic acids is 2. The lowest BCUT2D eigenvalue weighted by Crippen LogP contribution is -2.49. The Morgan fingerprint density at radius 3 is 2.21 bits per heavy atom. The molecular formula is C26H24Cl2N4O2. The first-order chi connectivity index (χ1) is 16.0. The van der Waals surface area contributed by atoms with Gasteiger partial charge in [0.05, 0.1) is 22.5 Å². The highest BCUT2D eigenvalue weighted by Gasteiger charge is 2.29. The number of amides is 2. The molecule has 3 aromatic carbocycles. The fourth-order valence-electron chi connectivity index (χ4n) is 3.75. The largest absolute Gasteiger partial charge is 0.354 e. The van der Waals surface area contributed by atoms with Crippen LogP contribution in [-0.2, 0) is 9.59 Å². The predicted octanol–water partition coefficient (Wildman–Crippen LogP) is 5.63. The van der Waals surface area contributed by atoms with Crippen LogP contribution in [0.25, 0.3) is 11.3 Å². The van der Waals surface area contributed by atoms with Gasteiger partial charge in [0.1, 0.15) is 0 Å². The van der Waals surface area contributed by atoms with Crippen molar-refractivity contribution < 1.29 is 9.59 Å². The van der Waals surface area contributed by atoms with E-state index in [2.05, 4.69) is 10.6 Å². The first-order valence-corrected chi connectivity index (χ1v) is 11.4. The van der Waals surface area contributed by atoms with Crippen molar-refractivity contribution in [2.75, 3.05) is 22.6 Å². The number of halogens is 2. The van der Waals surface area contributed by atoms with E-state index in [-0.39, 0.29) is 11.8 Å². The molecule has 0 spiro atoms. The molecule has 1 aliphatic heterocycles. The molecule has 0 aliphatic carbocycles. The summed E-state index contributed by atoms with van der Waals surface area (Å²) >= 11 is 12.2. The number of nitrogens with two attached hydrogens (primary N) is 1. The molecule has 0 unspecified atom stereocenters. The molecule has 0 atom stereocenters. The maximum absolute atomic E-state index is 13.0. The van der Waals surface area contributed by atoms with E-state index >= 15 is 0 Å². The number of rotatable bonds is 5. The molecule has 0 saturated heterocycles. The Labute approximate surface area is 208 Å². The van der Waals surface area contributed by atoms with Crippen molar-refractivity contribution in [1.82, 2.24) is 0 Å². The normalized spacial score (nSPS) is 14.4. The molecule has 0 fully saturated rings. The lowest BCUT2D eigenvalue weighted by molar-refractivity contribution is -0.122. The highest BCUT2D eigenvalue weighted by atomic mass is 35.5. The zero-order valence-electron chi connectivity index (χ0n) is 18.9. The van der Waals surface area contributed by atoms with E-state index in [0.29, 0.717) is 32.7 Å². The summed E-state index contributed by atoms with van der Waals surface area (Å²) in [5, 5.41) is 7.40. The molecule has 0 saturated carbocycles. The molecule has 4 N–H and O–H groups in total. The van der Waals surface area contributed by atoms with E-state index in [9.17, 15) is 9.59 Å². The van der Waals surface area contributed by atoms with Crippen LogP contribution >= 0.6 is 23.2 Å². The molecule has 0 aromatic heterocycles. The Morgan fingerprint density at radius 1 is 0.971 bits per heavy atom. The van der Waals surface area contributed by atoms with E-state index < -0.39 is 5.54 Å². The summed E-state index contributed by atoms with van der Waals surface area (Å²) in [6.07, 6.45) is 0. The second-order valence-electron chi connectivity index (χ2n) is 8.66. The minimum Gasteiger partial charge on any atom is -0.354 e. The van der Waals surface area contributed by atoms with Gasteiger partial charge in [0.2, 0.25) is 5.91 Å². The number of likely N-dealkylation sites (N-methyl/N-ethyl adjacent to an activating group) is 1.